The minimum atomic E-state index is -1.34. The predicted octanol–water partition coefficient (Wildman–Crippen LogP) is 2.43. The van der Waals surface area contributed by atoms with Gasteiger partial charge in [-0.15, -0.1) is 0 Å². The summed E-state index contributed by atoms with van der Waals surface area (Å²) >= 11 is 0. The van der Waals surface area contributed by atoms with Gasteiger partial charge in [0.1, 0.15) is 11.2 Å². The Hall–Kier alpha value is -3.22. The minimum absolute atomic E-state index is 0.121. The normalized spacial score (nSPS) is 21.4. The molecule has 0 saturated carbocycles. The maximum atomic E-state index is 13.4. The monoisotopic (exact) mass is 395 g/mol. The van der Waals surface area contributed by atoms with Crippen molar-refractivity contribution in [2.45, 2.75) is 19.8 Å². The van der Waals surface area contributed by atoms with E-state index in [1.165, 1.54) is 12.1 Å². The molecule has 1 fully saturated rings. The third-order valence-electron chi connectivity index (χ3n) is 5.74. The molecule has 1 spiro atoms. The average molecular weight is 395 g/mol. The third-order valence-corrected chi connectivity index (χ3v) is 5.74. The van der Waals surface area contributed by atoms with Crippen molar-refractivity contribution in [2.75, 3.05) is 25.0 Å². The van der Waals surface area contributed by atoms with E-state index in [4.69, 9.17) is 0 Å². The molecule has 0 radical (unpaired) electrons. The molecule has 2 heterocycles. The number of carbonyl (C=O) groups is 3. The van der Waals surface area contributed by atoms with Crippen LogP contribution in [0.5, 0.6) is 0 Å². The molecule has 6 nitrogen and oxygen atoms in total. The molecule has 150 valence electrons. The van der Waals surface area contributed by atoms with E-state index in [9.17, 15) is 18.8 Å². The number of hydrogen-bond donors (Lipinski definition) is 1. The van der Waals surface area contributed by atoms with Gasteiger partial charge in [-0.05, 0) is 49.1 Å². The van der Waals surface area contributed by atoms with E-state index in [0.29, 0.717) is 6.42 Å². The van der Waals surface area contributed by atoms with Crippen LogP contribution >= 0.6 is 0 Å². The summed E-state index contributed by atoms with van der Waals surface area (Å²) in [6, 6.07) is 11.2. The van der Waals surface area contributed by atoms with Crippen LogP contribution in [0.3, 0.4) is 0 Å². The second-order valence-electron chi connectivity index (χ2n) is 7.84. The van der Waals surface area contributed by atoms with E-state index in [-0.39, 0.29) is 25.3 Å². The van der Waals surface area contributed by atoms with E-state index in [0.717, 1.165) is 27.3 Å². The maximum Gasteiger partial charge on any atom is 0.330 e. The number of halogens is 1. The van der Waals surface area contributed by atoms with Crippen molar-refractivity contribution in [3.05, 3.63) is 65.0 Å². The van der Waals surface area contributed by atoms with Gasteiger partial charge in [-0.2, -0.15) is 0 Å². The highest BCUT2D eigenvalue weighted by Gasteiger charge is 2.56. The fraction of sp³-hybridized carbons (Fsp3) is 0.318. The Morgan fingerprint density at radius 1 is 1.10 bits per heavy atom. The van der Waals surface area contributed by atoms with Crippen LogP contribution in [0.4, 0.5) is 14.9 Å². The molecule has 2 aromatic carbocycles. The molecule has 7 heteroatoms. The Labute approximate surface area is 168 Å². The van der Waals surface area contributed by atoms with Crippen LogP contribution in [0.2, 0.25) is 0 Å². The molecule has 4 amide bonds. The summed E-state index contributed by atoms with van der Waals surface area (Å²) in [6.07, 6.45) is 0.634. The van der Waals surface area contributed by atoms with Gasteiger partial charge in [-0.3, -0.25) is 19.8 Å². The maximum absolute atomic E-state index is 13.4. The molecular formula is C22H22FN3O3. The zero-order valence-corrected chi connectivity index (χ0v) is 16.4. The highest BCUT2D eigenvalue weighted by molar-refractivity contribution is 6.20. The number of nitrogens with zero attached hydrogens (tertiary/aromatic N) is 2. The van der Waals surface area contributed by atoms with Crippen LogP contribution in [0.25, 0.3) is 0 Å². The molecule has 0 aliphatic carbocycles. The number of rotatable bonds is 3. The Morgan fingerprint density at radius 2 is 1.83 bits per heavy atom. The molecular weight excluding hydrogens is 373 g/mol. The zero-order valence-electron chi connectivity index (χ0n) is 16.4. The van der Waals surface area contributed by atoms with E-state index in [2.05, 4.69) is 5.32 Å². The summed E-state index contributed by atoms with van der Waals surface area (Å²) in [6.45, 7) is 2.28. The summed E-state index contributed by atoms with van der Waals surface area (Å²) in [4.78, 5) is 41.6. The van der Waals surface area contributed by atoms with E-state index in [1.807, 2.05) is 37.1 Å². The van der Waals surface area contributed by atoms with Gasteiger partial charge in [0.25, 0.3) is 0 Å². The van der Waals surface area contributed by atoms with Crippen molar-refractivity contribution in [3.8, 4) is 0 Å². The SMILES string of the molecule is Cc1ccc2c(c1)C[C@@]1(CN2C)C(=O)NC(=O)N(CCc2ccc(F)cc2)C1=O. The summed E-state index contributed by atoms with van der Waals surface area (Å²) in [5.74, 6) is -1.37. The molecule has 0 unspecified atom stereocenters. The second-order valence-corrected chi connectivity index (χ2v) is 7.84. The molecule has 1 atom stereocenters. The van der Waals surface area contributed by atoms with Crippen molar-refractivity contribution in [3.63, 3.8) is 0 Å². The first-order chi connectivity index (χ1) is 13.8. The fourth-order valence-corrected chi connectivity index (χ4v) is 4.22. The zero-order chi connectivity index (χ0) is 20.8. The number of benzene rings is 2. The molecule has 2 aliphatic heterocycles. The molecule has 4 rings (SSSR count). The molecule has 1 N–H and O–H groups in total. The Morgan fingerprint density at radius 3 is 2.55 bits per heavy atom. The summed E-state index contributed by atoms with van der Waals surface area (Å²) in [5.41, 5.74) is 2.40. The molecule has 2 aliphatic rings. The standard InChI is InChI=1S/C22H22FN3O3/c1-14-3-8-18-16(11-14)12-22(13-25(18)2)19(27)24-21(29)26(20(22)28)10-9-15-4-6-17(23)7-5-15/h3-8,11H,9-10,12-13H2,1-2H3,(H,24,27,29)/t22-/m1/s1. The van der Waals surface area contributed by atoms with Crippen LogP contribution < -0.4 is 10.2 Å². The van der Waals surface area contributed by atoms with Crippen molar-refractivity contribution >= 4 is 23.5 Å². The van der Waals surface area contributed by atoms with Crippen LogP contribution in [0.15, 0.2) is 42.5 Å². The van der Waals surface area contributed by atoms with Crippen LogP contribution in [0, 0.1) is 18.2 Å². The van der Waals surface area contributed by atoms with Crippen LogP contribution in [0.1, 0.15) is 16.7 Å². The number of barbiturate groups is 1. The topological polar surface area (TPSA) is 69.7 Å². The van der Waals surface area contributed by atoms with Crippen molar-refractivity contribution < 1.29 is 18.8 Å². The first-order valence-electron chi connectivity index (χ1n) is 9.53. The van der Waals surface area contributed by atoms with Crippen molar-refractivity contribution in [2.24, 2.45) is 5.41 Å². The Balaban J connectivity index is 1.62. The lowest BCUT2D eigenvalue weighted by molar-refractivity contribution is -0.151. The number of amides is 4. The fourth-order valence-electron chi connectivity index (χ4n) is 4.22. The highest BCUT2D eigenvalue weighted by atomic mass is 19.1. The number of aryl methyl sites for hydroxylation is 1. The van der Waals surface area contributed by atoms with E-state index >= 15 is 0 Å². The van der Waals surface area contributed by atoms with Gasteiger partial charge in [-0.25, -0.2) is 9.18 Å². The number of urea groups is 1. The van der Waals surface area contributed by atoms with Crippen LogP contribution in [-0.4, -0.2) is 42.9 Å². The largest absolute Gasteiger partial charge is 0.373 e. The van der Waals surface area contributed by atoms with Crippen LogP contribution in [-0.2, 0) is 22.4 Å². The first kappa shape index (κ1) is 19.1. The molecule has 29 heavy (non-hydrogen) atoms. The van der Waals surface area contributed by atoms with Gasteiger partial charge >= 0.3 is 6.03 Å². The molecule has 2 aromatic rings. The number of hydrogen-bond acceptors (Lipinski definition) is 4. The number of anilines is 1. The quantitative estimate of drug-likeness (QED) is 0.811. The Bertz CT molecular complexity index is 1000. The van der Waals surface area contributed by atoms with Crippen molar-refractivity contribution in [1.82, 2.24) is 10.2 Å². The summed E-state index contributed by atoms with van der Waals surface area (Å²) < 4.78 is 13.1. The van der Waals surface area contributed by atoms with E-state index in [1.54, 1.807) is 12.1 Å². The summed E-state index contributed by atoms with van der Waals surface area (Å²) in [7, 11) is 1.84. The number of nitrogens with one attached hydrogen (secondary N) is 1. The minimum Gasteiger partial charge on any atom is -0.373 e. The molecule has 0 aromatic heterocycles. The lowest BCUT2D eigenvalue weighted by Crippen LogP contribution is -2.68. The van der Waals surface area contributed by atoms with Gasteiger partial charge in [0.2, 0.25) is 11.8 Å². The van der Waals surface area contributed by atoms with Gasteiger partial charge in [0.05, 0.1) is 0 Å². The predicted molar refractivity (Wildman–Crippen MR) is 106 cm³/mol. The van der Waals surface area contributed by atoms with Crippen molar-refractivity contribution in [1.29, 1.82) is 0 Å². The third kappa shape index (κ3) is 3.26. The second kappa shape index (κ2) is 6.99. The van der Waals surface area contributed by atoms with E-state index < -0.39 is 23.3 Å². The molecule has 0 bridgehead atoms. The van der Waals surface area contributed by atoms with Gasteiger partial charge < -0.3 is 4.90 Å². The number of fused-ring (bicyclic) bond motifs is 1. The lowest BCUT2D eigenvalue weighted by atomic mass is 9.74. The van der Waals surface area contributed by atoms with Gasteiger partial charge in [-0.1, -0.05) is 29.8 Å². The van der Waals surface area contributed by atoms with Gasteiger partial charge in [0.15, 0.2) is 0 Å². The Kier molecular flexibility index (Phi) is 4.61. The number of carbonyl (C=O) groups excluding carboxylic acids is 3. The average Bonchev–Trinajstić information content (AvgIpc) is 2.67. The highest BCUT2D eigenvalue weighted by Crippen LogP contribution is 2.39. The first-order valence-corrected chi connectivity index (χ1v) is 9.53. The van der Waals surface area contributed by atoms with Gasteiger partial charge in [0, 0.05) is 25.8 Å². The lowest BCUT2D eigenvalue weighted by Gasteiger charge is -2.45. The summed E-state index contributed by atoms with van der Waals surface area (Å²) in [5, 5.41) is 2.37. The smallest absolute Gasteiger partial charge is 0.330 e. The number of imide groups is 2. The molecule has 1 saturated heterocycles.